The molecule has 0 heterocycles. The van der Waals surface area contributed by atoms with Crippen LogP contribution in [0.25, 0.3) is 163 Å². The molecule has 0 radical (unpaired) electrons. The summed E-state index contributed by atoms with van der Waals surface area (Å²) in [6.07, 6.45) is 0. The molecule has 24 aromatic carbocycles. The standard InChI is InChI=1S/C78H46F4N4.C54H30F4N4/c1-84-62-28-32-64(33-29-62)86(76-45-68(70(80)47-72(76)82)61-42-58(52-18-10-4-11-19-52)39-59(43-61)53-20-12-5-13-21-53)74-37-27-55-24-34-65-73(36-26-54-25-35-66(74)78(55)77(54)65)85(63-30-22-49(48-83)23-31-63)75-44-67(69(79)46-71(75)81)60-40-56(50-14-6-2-7-15-50)38-57(41-60)51-16-8-3-9-17-51;1-60-38-18-22-40(23-19-38)62(52-29-44(46(56)31-48(52)58)35-10-6-3-7-11-35)50-27-17-37-14-24-41-49(26-16-36-15-25-42(50)54(37)53(36)41)61(39-20-12-33(32-59)13-21-39)51-28-43(45(55)30-47(51)57)34-8-4-2-5-9-34/h2-47H;2-31H/i;2D,3D,4D,5D,6D,7D,8D,9D,10D,11D. The molecule has 0 bridgehead atoms. The second-order valence-corrected chi connectivity index (χ2v) is 35.3. The van der Waals surface area contributed by atoms with E-state index in [2.05, 4.69) is 34.0 Å². The highest BCUT2D eigenvalue weighted by Gasteiger charge is 2.32. The average Bonchev–Trinajstić information content (AvgIpc) is 0.716. The first-order valence-corrected chi connectivity index (χ1v) is 46.8. The minimum absolute atomic E-state index is 0.0648. The molecule has 0 amide bonds. The van der Waals surface area contributed by atoms with Gasteiger partial charge in [-0.1, -0.05) is 279 Å². The van der Waals surface area contributed by atoms with Crippen molar-refractivity contribution in [2.24, 2.45) is 0 Å². The molecule has 24 rings (SSSR count). The van der Waals surface area contributed by atoms with Gasteiger partial charge >= 0.3 is 0 Å². The third-order valence-electron chi connectivity index (χ3n) is 26.7. The van der Waals surface area contributed by atoms with Crippen LogP contribution in [0.1, 0.15) is 24.8 Å². The number of hydrogen-bond acceptors (Lipinski definition) is 6. The predicted octanol–water partition coefficient (Wildman–Crippen LogP) is 38.3. The summed E-state index contributed by atoms with van der Waals surface area (Å²) in [5.74, 6) is -7.63. The zero-order valence-corrected chi connectivity index (χ0v) is 77.7. The van der Waals surface area contributed by atoms with Crippen LogP contribution in [0.15, 0.2) is 461 Å². The second kappa shape index (κ2) is 38.8. The maximum atomic E-state index is 17.3. The molecule has 0 aliphatic carbocycles. The van der Waals surface area contributed by atoms with Crippen LogP contribution < -0.4 is 19.6 Å². The molecule has 0 N–H and O–H groups in total. The highest BCUT2D eigenvalue weighted by molar-refractivity contribution is 6.30. The zero-order valence-electron chi connectivity index (χ0n) is 87.7. The van der Waals surface area contributed by atoms with Gasteiger partial charge in [-0.3, -0.25) is 0 Å². The fourth-order valence-electron chi connectivity index (χ4n) is 19.9. The van der Waals surface area contributed by atoms with Gasteiger partial charge in [0.25, 0.3) is 0 Å². The van der Waals surface area contributed by atoms with Crippen molar-refractivity contribution in [1.29, 1.82) is 10.5 Å². The lowest BCUT2D eigenvalue weighted by atomic mass is 9.91. The number of nitriles is 2. The Morgan fingerprint density at radius 1 is 0.209 bits per heavy atom. The van der Waals surface area contributed by atoms with Crippen molar-refractivity contribution in [3.8, 4) is 101 Å². The van der Waals surface area contributed by atoms with E-state index in [1.54, 1.807) is 143 Å². The lowest BCUT2D eigenvalue weighted by molar-refractivity contribution is 0.586. The van der Waals surface area contributed by atoms with Crippen molar-refractivity contribution in [3.05, 3.63) is 541 Å². The molecule has 0 unspecified atom stereocenters. The minimum atomic E-state index is -1.19. The first kappa shape index (κ1) is 80.6. The molecule has 700 valence electrons. The Labute approximate surface area is 860 Å². The highest BCUT2D eigenvalue weighted by Crippen LogP contribution is 2.55. The lowest BCUT2D eigenvalue weighted by Gasteiger charge is -2.30. The Kier molecular flexibility index (Phi) is 21.1. The van der Waals surface area contributed by atoms with Crippen LogP contribution in [0, 0.1) is 82.3 Å². The molecule has 8 nitrogen and oxygen atoms in total. The zero-order chi connectivity index (χ0) is 110. The number of hydrogen-bond donors (Lipinski definition) is 0. The molecule has 0 spiro atoms. The quantitative estimate of drug-likeness (QED) is 0.0430. The monoisotopic (exact) mass is 1930 g/mol. The van der Waals surface area contributed by atoms with Gasteiger partial charge < -0.3 is 19.6 Å². The smallest absolute Gasteiger partial charge is 0.187 e. The molecule has 0 aromatic heterocycles. The summed E-state index contributed by atoms with van der Waals surface area (Å²) in [6.45, 7) is 15.4. The number of nitrogens with zero attached hydrogens (tertiary/aromatic N) is 8. The maximum Gasteiger partial charge on any atom is 0.187 e. The van der Waals surface area contributed by atoms with E-state index < -0.39 is 129 Å². The summed E-state index contributed by atoms with van der Waals surface area (Å²) < 4.78 is 217. The van der Waals surface area contributed by atoms with Gasteiger partial charge in [-0.15, -0.1) is 0 Å². The normalized spacial score (nSPS) is 12.2. The summed E-state index contributed by atoms with van der Waals surface area (Å²) >= 11 is 0. The topological polar surface area (TPSA) is 69.3 Å². The Hall–Kier alpha value is -20.0. The van der Waals surface area contributed by atoms with Crippen molar-refractivity contribution >= 4 is 144 Å². The molecule has 0 atom stereocenters. The summed E-state index contributed by atoms with van der Waals surface area (Å²) in [4.78, 5) is 13.6. The van der Waals surface area contributed by atoms with Crippen molar-refractivity contribution < 1.29 is 48.8 Å². The van der Waals surface area contributed by atoms with E-state index in [1.165, 1.54) is 34.1 Å². The van der Waals surface area contributed by atoms with Crippen LogP contribution >= 0.6 is 0 Å². The molecule has 148 heavy (non-hydrogen) atoms. The SMILES string of the molecule is [2H]c1c([2H])c([2H])c(-c2cc(N(c3ccc(C#N)cc3)c3ccc4ccc5c(N(c6ccc([N+]#[C-])cc6)c6cc(-c7c([2H])c([2H])c([2H])c([2H])c7[2H])c(F)cc6F)ccc6ccc3c4c65)c(F)cc2F)c([2H])c1[2H].[C-]#[N+]c1ccc(N(c2cc(-c3cc(-c4ccccc4)cc(-c4ccccc4)c3)c(F)cc2F)c2ccc3ccc4c(N(c5ccc(C#N)cc5)c5cc(-c6cc(-c7ccccc7)cc(-c7ccccc7)c6)c(F)cc5F)ccc5ccc2c3c54)cc1. The van der Waals surface area contributed by atoms with Crippen LogP contribution in [0.2, 0.25) is 0 Å². The average molecular weight is 1940 g/mol. The number of benzene rings is 24. The van der Waals surface area contributed by atoms with Crippen LogP contribution in [-0.2, 0) is 0 Å². The number of rotatable bonds is 20. The molecular formula is C132H76F8N8. The maximum absolute atomic E-state index is 17.3. The first-order chi connectivity index (χ1) is 76.6. The molecule has 0 saturated heterocycles. The predicted molar refractivity (Wildman–Crippen MR) is 584 cm³/mol. The van der Waals surface area contributed by atoms with Crippen molar-refractivity contribution in [1.82, 2.24) is 0 Å². The largest absolute Gasteiger partial charge is 0.307 e. The second-order valence-electron chi connectivity index (χ2n) is 35.3. The molecule has 24 aromatic rings. The van der Waals surface area contributed by atoms with E-state index in [9.17, 15) is 10.5 Å². The van der Waals surface area contributed by atoms with E-state index in [0.29, 0.717) is 107 Å². The molecule has 16 heteroatoms. The van der Waals surface area contributed by atoms with Gasteiger partial charge in [-0.05, 0) is 268 Å². The van der Waals surface area contributed by atoms with Gasteiger partial charge in [0, 0.05) is 90.8 Å². The Morgan fingerprint density at radius 2 is 0.432 bits per heavy atom. The van der Waals surface area contributed by atoms with E-state index in [0.717, 1.165) is 101 Å². The van der Waals surface area contributed by atoms with Gasteiger partial charge in [-0.25, -0.2) is 44.8 Å². The summed E-state index contributed by atoms with van der Waals surface area (Å²) in [6, 6.07) is 113. The Balaban J connectivity index is 0.000000174. The third kappa shape index (κ3) is 17.0. The summed E-state index contributed by atoms with van der Waals surface area (Å²) in [7, 11) is 0. The number of halogens is 8. The van der Waals surface area contributed by atoms with Crippen LogP contribution in [0.4, 0.5) is 115 Å². The van der Waals surface area contributed by atoms with Crippen LogP contribution in [-0.4, -0.2) is 0 Å². The summed E-state index contributed by atoms with van der Waals surface area (Å²) in [5.41, 5.74) is 11.0. The van der Waals surface area contributed by atoms with E-state index in [4.69, 9.17) is 26.9 Å². The summed E-state index contributed by atoms with van der Waals surface area (Å²) in [5, 5.41) is 28.1. The molecule has 0 saturated carbocycles. The fourth-order valence-corrected chi connectivity index (χ4v) is 19.9. The lowest BCUT2D eigenvalue weighted by Crippen LogP contribution is -2.14. The molecule has 0 aliphatic heterocycles. The van der Waals surface area contributed by atoms with Gasteiger partial charge in [0.2, 0.25) is 0 Å². The van der Waals surface area contributed by atoms with E-state index >= 15 is 35.1 Å². The molecule has 0 fully saturated rings. The number of anilines is 12. The van der Waals surface area contributed by atoms with Crippen molar-refractivity contribution in [3.63, 3.8) is 0 Å². The van der Waals surface area contributed by atoms with E-state index in [1.807, 2.05) is 194 Å². The van der Waals surface area contributed by atoms with Gasteiger partial charge in [0.1, 0.15) is 46.5 Å². The third-order valence-corrected chi connectivity index (χ3v) is 26.7. The van der Waals surface area contributed by atoms with Gasteiger partial charge in [0.05, 0.1) is 95.6 Å². The van der Waals surface area contributed by atoms with Gasteiger partial charge in [0.15, 0.2) is 11.4 Å². The van der Waals surface area contributed by atoms with E-state index in [-0.39, 0.29) is 50.8 Å². The molecular weight excluding hydrogens is 1850 g/mol. The Bertz CT molecular complexity index is 9420. The van der Waals surface area contributed by atoms with Crippen molar-refractivity contribution in [2.45, 2.75) is 0 Å². The highest BCUT2D eigenvalue weighted by atomic mass is 19.2. The van der Waals surface area contributed by atoms with Crippen LogP contribution in [0.5, 0.6) is 0 Å². The van der Waals surface area contributed by atoms with Crippen LogP contribution in [0.3, 0.4) is 0 Å². The molecule has 0 aliphatic rings. The van der Waals surface area contributed by atoms with Crippen molar-refractivity contribution in [2.75, 3.05) is 19.6 Å². The van der Waals surface area contributed by atoms with Gasteiger partial charge in [-0.2, -0.15) is 10.5 Å². The fraction of sp³-hybridized carbons (Fsp3) is 0. The first-order valence-electron chi connectivity index (χ1n) is 51.8. The Morgan fingerprint density at radius 3 is 0.669 bits per heavy atom. The minimum Gasteiger partial charge on any atom is -0.307 e.